The maximum atomic E-state index is 14.7. The van der Waals surface area contributed by atoms with Crippen molar-refractivity contribution in [2.24, 2.45) is 0 Å². The summed E-state index contributed by atoms with van der Waals surface area (Å²) < 4.78 is 9.51. The molecule has 0 N–H and O–H groups in total. The van der Waals surface area contributed by atoms with Crippen molar-refractivity contribution in [2.45, 2.75) is 127 Å². The first-order valence-electron chi connectivity index (χ1n) is 28.4. The molecule has 79 heavy (non-hydrogen) atoms. The van der Waals surface area contributed by atoms with Gasteiger partial charge in [0.05, 0.1) is 40.9 Å². The van der Waals surface area contributed by atoms with E-state index in [1.807, 2.05) is 128 Å². The summed E-state index contributed by atoms with van der Waals surface area (Å²) >= 11 is 0. The van der Waals surface area contributed by atoms with Gasteiger partial charge in [-0.1, -0.05) is 81.3 Å². The second-order valence-electron chi connectivity index (χ2n) is 21.9. The number of aromatic nitrogens is 7. The summed E-state index contributed by atoms with van der Waals surface area (Å²) in [5.74, 6) is -1.79. The molecule has 2 amide bonds. The van der Waals surface area contributed by atoms with Crippen LogP contribution in [0.15, 0.2) is 152 Å². The molecule has 400 valence electrons. The Hall–Kier alpha value is -8.39. The number of nitrogens with zero attached hydrogens (tertiary/aromatic N) is 9. The van der Waals surface area contributed by atoms with Crippen molar-refractivity contribution in [1.29, 1.82) is 0 Å². The number of carbonyl (C=O) groups excluding carboxylic acids is 4. The zero-order valence-electron chi connectivity index (χ0n) is 44.9. The molecule has 6 heterocycles. The lowest BCUT2D eigenvalue weighted by Crippen LogP contribution is -2.43. The number of likely N-dealkylation sites (tertiary alicyclic amines) is 2. The van der Waals surface area contributed by atoms with Gasteiger partial charge in [-0.25, -0.2) is 19.0 Å². The van der Waals surface area contributed by atoms with E-state index in [1.165, 1.54) is 12.4 Å². The van der Waals surface area contributed by atoms with E-state index in [2.05, 4.69) is 38.8 Å². The average Bonchev–Trinajstić information content (AvgIpc) is 4.58. The quantitative estimate of drug-likeness (QED) is 0.0673. The summed E-state index contributed by atoms with van der Waals surface area (Å²) in [5.41, 5.74) is 9.77. The molecule has 4 aromatic heterocycles. The van der Waals surface area contributed by atoms with E-state index in [0.29, 0.717) is 34.6 Å². The van der Waals surface area contributed by atoms with Gasteiger partial charge in [0.15, 0.2) is 0 Å². The zero-order chi connectivity index (χ0) is 54.0. The van der Waals surface area contributed by atoms with Crippen molar-refractivity contribution < 1.29 is 23.9 Å². The first-order valence-corrected chi connectivity index (χ1v) is 28.4. The predicted molar refractivity (Wildman–Crippen MR) is 301 cm³/mol. The van der Waals surface area contributed by atoms with Crippen molar-refractivity contribution in [3.63, 3.8) is 0 Å². The summed E-state index contributed by atoms with van der Waals surface area (Å²) in [4.78, 5) is 66.0. The third-order valence-corrected chi connectivity index (χ3v) is 16.7. The summed E-state index contributed by atoms with van der Waals surface area (Å²) in [6.07, 6.45) is 20.1. The zero-order valence-corrected chi connectivity index (χ0v) is 44.9. The van der Waals surface area contributed by atoms with Crippen molar-refractivity contribution in [3.05, 3.63) is 197 Å². The molecule has 0 radical (unpaired) electrons. The second-order valence-corrected chi connectivity index (χ2v) is 21.9. The second kappa shape index (κ2) is 22.5. The van der Waals surface area contributed by atoms with Crippen molar-refractivity contribution in [1.82, 2.24) is 44.5 Å². The summed E-state index contributed by atoms with van der Waals surface area (Å²) in [5, 5.41) is 18.3. The molecule has 2 aliphatic carbocycles. The summed E-state index contributed by atoms with van der Waals surface area (Å²) in [6.45, 7) is 5.89. The molecule has 14 nitrogen and oxygen atoms in total. The SMILES string of the molecule is CCCC1CCCCN1C(=O)c1cccc(-c2cccc(-n3ncc(C(=O)OC(=O)c4cnn(-c5cccc(-c6cccc(C(=O)N7CCCCC7CCC)c6)c5)c4C4CC4c4cccnn4)c3C3CC3c3cccnc3)c2)c1. The molecule has 4 fully saturated rings. The molecule has 0 spiro atoms. The molecule has 8 aromatic rings. The van der Waals surface area contributed by atoms with E-state index in [1.54, 1.807) is 21.8 Å². The Labute approximate surface area is 460 Å². The van der Waals surface area contributed by atoms with Gasteiger partial charge in [0, 0.05) is 72.6 Å². The Bertz CT molecular complexity index is 3300. The first-order chi connectivity index (χ1) is 38.8. The van der Waals surface area contributed by atoms with Crippen LogP contribution in [-0.4, -0.2) is 93.5 Å². The fraction of sp³-hybridized carbons (Fsp3) is 0.338. The van der Waals surface area contributed by atoms with Crippen LogP contribution >= 0.6 is 0 Å². The van der Waals surface area contributed by atoms with Gasteiger partial charge in [-0.05, 0) is 165 Å². The van der Waals surface area contributed by atoms with E-state index in [9.17, 15) is 19.2 Å². The normalized spacial score (nSPS) is 20.6. The molecular weight excluding hydrogens is 987 g/mol. The van der Waals surface area contributed by atoms with E-state index in [0.717, 1.165) is 123 Å². The summed E-state index contributed by atoms with van der Waals surface area (Å²) in [6, 6.07) is 39.8. The number of pyridine rings is 1. The van der Waals surface area contributed by atoms with Gasteiger partial charge < -0.3 is 14.5 Å². The van der Waals surface area contributed by atoms with Crippen LogP contribution in [0.1, 0.15) is 179 Å². The first kappa shape index (κ1) is 51.4. The standard InChI is InChI=1S/C65H65N9O5/c1-3-15-49-24-5-7-31-71(49)62(75)46-21-9-17-42(33-46)44-19-11-26-51(35-44)73-60(55-37-53(55)48-23-13-29-66-39-48)57(40-68-73)64(77)79-65(78)58-41-69-74(61(58)56-38-54(56)59-28-14-30-67-70-59)52-27-12-20-45(36-52)43-18-10-22-47(34-43)63(76)72-32-8-6-25-50(72)16-4-2/h9-14,17-23,26-30,33-36,39-41,49-50,53-56H,3-8,15-16,24-25,31-32,37-38H2,1-2H3. The average molecular weight is 1050 g/mol. The molecular formula is C65H65N9O5. The lowest BCUT2D eigenvalue weighted by atomic mass is 9.96. The highest BCUT2D eigenvalue weighted by molar-refractivity contribution is 6.04. The van der Waals surface area contributed by atoms with Crippen molar-refractivity contribution >= 4 is 23.8 Å². The smallest absolute Gasteiger partial charge is 0.349 e. The van der Waals surface area contributed by atoms with Crippen LogP contribution in [-0.2, 0) is 4.74 Å². The van der Waals surface area contributed by atoms with Crippen LogP contribution in [0, 0.1) is 0 Å². The number of hydrogen-bond donors (Lipinski definition) is 0. The maximum absolute atomic E-state index is 14.7. The van der Waals surface area contributed by atoms with Crippen LogP contribution in [0.5, 0.6) is 0 Å². The van der Waals surface area contributed by atoms with Gasteiger partial charge in [-0.2, -0.15) is 20.4 Å². The molecule has 2 aliphatic heterocycles. The molecule has 12 rings (SSSR count). The summed E-state index contributed by atoms with van der Waals surface area (Å²) in [7, 11) is 0. The fourth-order valence-electron chi connectivity index (χ4n) is 12.6. The minimum Gasteiger partial charge on any atom is -0.386 e. The van der Waals surface area contributed by atoms with E-state index >= 15 is 0 Å². The number of hydrogen-bond acceptors (Lipinski definition) is 10. The Morgan fingerprint density at radius 3 is 1.54 bits per heavy atom. The fourth-order valence-corrected chi connectivity index (χ4v) is 12.6. The number of ether oxygens (including phenoxy) is 1. The highest BCUT2D eigenvalue weighted by Gasteiger charge is 2.47. The molecule has 4 aliphatic rings. The predicted octanol–water partition coefficient (Wildman–Crippen LogP) is 12.7. The Kier molecular flexibility index (Phi) is 14.6. The van der Waals surface area contributed by atoms with E-state index < -0.39 is 11.9 Å². The number of carbonyl (C=O) groups is 4. The third kappa shape index (κ3) is 10.6. The van der Waals surface area contributed by atoms with Crippen LogP contribution < -0.4 is 0 Å². The molecule has 2 saturated carbocycles. The minimum absolute atomic E-state index is 0.0424. The molecule has 6 atom stereocenters. The number of esters is 2. The van der Waals surface area contributed by atoms with Gasteiger partial charge >= 0.3 is 11.9 Å². The Morgan fingerprint density at radius 1 is 0.532 bits per heavy atom. The van der Waals surface area contributed by atoms with Crippen LogP contribution in [0.2, 0.25) is 0 Å². The van der Waals surface area contributed by atoms with Gasteiger partial charge in [-0.3, -0.25) is 14.6 Å². The van der Waals surface area contributed by atoms with Gasteiger partial charge in [0.2, 0.25) is 0 Å². The Balaban J connectivity index is 0.850. The highest BCUT2D eigenvalue weighted by atomic mass is 16.6. The molecule has 0 bridgehead atoms. The van der Waals surface area contributed by atoms with Gasteiger partial charge in [-0.15, -0.1) is 0 Å². The number of rotatable bonds is 16. The number of piperidine rings is 2. The molecule has 4 aromatic carbocycles. The molecule has 2 saturated heterocycles. The third-order valence-electron chi connectivity index (χ3n) is 16.7. The van der Waals surface area contributed by atoms with Crippen LogP contribution in [0.3, 0.4) is 0 Å². The molecule has 6 unspecified atom stereocenters. The van der Waals surface area contributed by atoms with Crippen molar-refractivity contribution in [3.8, 4) is 33.6 Å². The van der Waals surface area contributed by atoms with Gasteiger partial charge in [0.25, 0.3) is 11.8 Å². The number of benzene rings is 4. The minimum atomic E-state index is -0.821. The largest absolute Gasteiger partial charge is 0.386 e. The van der Waals surface area contributed by atoms with E-state index in [-0.39, 0.29) is 58.7 Å². The lowest BCUT2D eigenvalue weighted by Gasteiger charge is -2.36. The van der Waals surface area contributed by atoms with Crippen LogP contribution in [0.4, 0.5) is 0 Å². The highest BCUT2D eigenvalue weighted by Crippen LogP contribution is 2.57. The monoisotopic (exact) mass is 1050 g/mol. The maximum Gasteiger partial charge on any atom is 0.349 e. The van der Waals surface area contributed by atoms with E-state index in [4.69, 9.17) is 14.9 Å². The molecule has 14 heteroatoms. The van der Waals surface area contributed by atoms with Crippen LogP contribution in [0.25, 0.3) is 33.6 Å². The van der Waals surface area contributed by atoms with Gasteiger partial charge in [0.1, 0.15) is 11.1 Å². The topological polar surface area (TPSA) is 158 Å². The number of amides is 2. The lowest BCUT2D eigenvalue weighted by molar-refractivity contribution is 0.0394. The van der Waals surface area contributed by atoms with Crippen molar-refractivity contribution in [2.75, 3.05) is 13.1 Å². The Morgan fingerprint density at radius 2 is 1.04 bits per heavy atom.